The number of carbonyl (C=O) groups is 2. The van der Waals surface area contributed by atoms with E-state index in [0.717, 1.165) is 16.8 Å². The van der Waals surface area contributed by atoms with Crippen LogP contribution in [0.5, 0.6) is 0 Å². The van der Waals surface area contributed by atoms with Gasteiger partial charge in [0.1, 0.15) is 17.2 Å². The Hall–Kier alpha value is -2.27. The molecule has 0 atom stereocenters. The lowest BCUT2D eigenvalue weighted by molar-refractivity contribution is -0.115. The SMILES string of the molecule is Cc1cc(C(=O)c2cc(Cl)ncn2)cc2c1NC(=O)C2. The van der Waals surface area contributed by atoms with E-state index in [1.54, 1.807) is 12.1 Å². The van der Waals surface area contributed by atoms with Crippen molar-refractivity contribution in [2.45, 2.75) is 13.3 Å². The van der Waals surface area contributed by atoms with Crippen molar-refractivity contribution in [3.05, 3.63) is 52.1 Å². The number of rotatable bonds is 2. The molecule has 0 saturated heterocycles. The Morgan fingerprint density at radius 2 is 2.10 bits per heavy atom. The number of nitrogens with one attached hydrogen (secondary N) is 1. The van der Waals surface area contributed by atoms with Crippen molar-refractivity contribution < 1.29 is 9.59 Å². The van der Waals surface area contributed by atoms with Crippen LogP contribution in [0.15, 0.2) is 24.5 Å². The Morgan fingerprint density at radius 3 is 2.85 bits per heavy atom. The van der Waals surface area contributed by atoms with Crippen LogP contribution < -0.4 is 5.32 Å². The monoisotopic (exact) mass is 287 g/mol. The lowest BCUT2D eigenvalue weighted by Gasteiger charge is -2.07. The fraction of sp³-hybridized carbons (Fsp3) is 0.143. The predicted octanol–water partition coefficient (Wildman–Crippen LogP) is 2.16. The summed E-state index contributed by atoms with van der Waals surface area (Å²) in [5.74, 6) is -0.294. The van der Waals surface area contributed by atoms with Gasteiger partial charge in [-0.2, -0.15) is 0 Å². The van der Waals surface area contributed by atoms with Gasteiger partial charge in [0.15, 0.2) is 0 Å². The van der Waals surface area contributed by atoms with E-state index < -0.39 is 0 Å². The molecule has 100 valence electrons. The molecule has 6 heteroatoms. The van der Waals surface area contributed by atoms with Gasteiger partial charge in [-0.15, -0.1) is 0 Å². The number of hydrogen-bond acceptors (Lipinski definition) is 4. The molecule has 0 aliphatic carbocycles. The lowest BCUT2D eigenvalue weighted by atomic mass is 10.00. The van der Waals surface area contributed by atoms with Crippen LogP contribution in [-0.4, -0.2) is 21.7 Å². The Kier molecular flexibility index (Phi) is 2.99. The molecule has 0 radical (unpaired) electrons. The number of amides is 1. The molecule has 2 aromatic rings. The molecule has 0 bridgehead atoms. The number of halogens is 1. The number of anilines is 1. The second-order valence-electron chi connectivity index (χ2n) is 4.61. The first-order valence-electron chi connectivity index (χ1n) is 6.00. The van der Waals surface area contributed by atoms with Crippen LogP contribution in [0.4, 0.5) is 5.69 Å². The Morgan fingerprint density at radius 1 is 1.30 bits per heavy atom. The summed E-state index contributed by atoms with van der Waals surface area (Å²) in [6, 6.07) is 4.89. The van der Waals surface area contributed by atoms with Crippen LogP contribution in [0.3, 0.4) is 0 Å². The fourth-order valence-corrected chi connectivity index (χ4v) is 2.42. The molecule has 0 fully saturated rings. The van der Waals surface area contributed by atoms with Crippen LogP contribution in [-0.2, 0) is 11.2 Å². The number of benzene rings is 1. The quantitative estimate of drug-likeness (QED) is 0.679. The molecule has 1 aliphatic heterocycles. The normalized spacial score (nSPS) is 13.0. The van der Waals surface area contributed by atoms with Crippen molar-refractivity contribution in [3.63, 3.8) is 0 Å². The van der Waals surface area contributed by atoms with Crippen LogP contribution in [0.2, 0.25) is 5.15 Å². The molecular formula is C14H10ClN3O2. The molecule has 20 heavy (non-hydrogen) atoms. The maximum absolute atomic E-state index is 12.4. The van der Waals surface area contributed by atoms with Gasteiger partial charge in [0.05, 0.1) is 6.42 Å². The van der Waals surface area contributed by atoms with E-state index in [2.05, 4.69) is 15.3 Å². The van der Waals surface area contributed by atoms with E-state index in [-0.39, 0.29) is 22.5 Å². The average molecular weight is 288 g/mol. The van der Waals surface area contributed by atoms with E-state index in [4.69, 9.17) is 11.6 Å². The molecule has 0 saturated carbocycles. The maximum atomic E-state index is 12.4. The Bertz CT molecular complexity index is 743. The maximum Gasteiger partial charge on any atom is 0.228 e. The zero-order valence-corrected chi connectivity index (χ0v) is 11.4. The highest BCUT2D eigenvalue weighted by Crippen LogP contribution is 2.29. The topological polar surface area (TPSA) is 72.0 Å². The van der Waals surface area contributed by atoms with Crippen molar-refractivity contribution in [2.75, 3.05) is 5.32 Å². The predicted molar refractivity (Wildman–Crippen MR) is 74.0 cm³/mol. The van der Waals surface area contributed by atoms with Crippen molar-refractivity contribution in [1.29, 1.82) is 0 Å². The van der Waals surface area contributed by atoms with Gasteiger partial charge in [0.2, 0.25) is 11.7 Å². The van der Waals surface area contributed by atoms with Crippen LogP contribution in [0, 0.1) is 6.92 Å². The molecule has 2 heterocycles. The second kappa shape index (κ2) is 4.68. The van der Waals surface area contributed by atoms with Crippen LogP contribution in [0.1, 0.15) is 27.2 Å². The highest BCUT2D eigenvalue weighted by atomic mass is 35.5. The number of aryl methyl sites for hydroxylation is 1. The standard InChI is InChI=1S/C14H10ClN3O2/c1-7-2-9(3-8-4-12(19)18-13(7)8)14(20)10-5-11(15)17-6-16-10/h2-3,5-6H,4H2,1H3,(H,18,19). The summed E-state index contributed by atoms with van der Waals surface area (Å²) < 4.78 is 0. The molecule has 1 aliphatic rings. The largest absolute Gasteiger partial charge is 0.325 e. The molecule has 1 N–H and O–H groups in total. The third-order valence-corrected chi connectivity index (χ3v) is 3.37. The first-order chi connectivity index (χ1) is 9.54. The zero-order valence-electron chi connectivity index (χ0n) is 10.6. The van der Waals surface area contributed by atoms with E-state index in [1.165, 1.54) is 12.4 Å². The minimum absolute atomic E-state index is 0.0576. The number of carbonyl (C=O) groups excluding carboxylic acids is 2. The van der Waals surface area contributed by atoms with Gasteiger partial charge in [-0.3, -0.25) is 9.59 Å². The Labute approximate surface area is 120 Å². The first-order valence-corrected chi connectivity index (χ1v) is 6.38. The number of aromatic nitrogens is 2. The smallest absolute Gasteiger partial charge is 0.228 e. The van der Waals surface area contributed by atoms with Crippen molar-refractivity contribution in [1.82, 2.24) is 9.97 Å². The summed E-state index contributed by atoms with van der Waals surface area (Å²) in [6.07, 6.45) is 1.54. The van der Waals surface area contributed by atoms with Gasteiger partial charge in [0.25, 0.3) is 0 Å². The van der Waals surface area contributed by atoms with Gasteiger partial charge in [0, 0.05) is 17.3 Å². The second-order valence-corrected chi connectivity index (χ2v) is 4.99. The summed E-state index contributed by atoms with van der Waals surface area (Å²) >= 11 is 5.76. The highest BCUT2D eigenvalue weighted by Gasteiger charge is 2.22. The molecule has 0 unspecified atom stereocenters. The fourth-order valence-electron chi connectivity index (χ4n) is 2.27. The molecule has 1 aromatic carbocycles. The van der Waals surface area contributed by atoms with Gasteiger partial charge in [-0.25, -0.2) is 9.97 Å². The van der Waals surface area contributed by atoms with Crippen LogP contribution in [0.25, 0.3) is 0 Å². The number of ketones is 1. The summed E-state index contributed by atoms with van der Waals surface area (Å²) in [4.78, 5) is 31.5. The van der Waals surface area contributed by atoms with E-state index in [1.807, 2.05) is 6.92 Å². The Balaban J connectivity index is 2.04. The van der Waals surface area contributed by atoms with Gasteiger partial charge < -0.3 is 5.32 Å². The van der Waals surface area contributed by atoms with E-state index >= 15 is 0 Å². The lowest BCUT2D eigenvalue weighted by Crippen LogP contribution is -2.06. The first kappa shape index (κ1) is 12.7. The summed E-state index contributed by atoms with van der Waals surface area (Å²) in [7, 11) is 0. The highest BCUT2D eigenvalue weighted by molar-refractivity contribution is 6.29. The third kappa shape index (κ3) is 2.16. The van der Waals surface area contributed by atoms with E-state index in [9.17, 15) is 9.59 Å². The van der Waals surface area contributed by atoms with Crippen molar-refractivity contribution >= 4 is 29.0 Å². The summed E-state index contributed by atoms with van der Waals surface area (Å²) in [5.41, 5.74) is 3.22. The molecule has 1 amide bonds. The zero-order chi connectivity index (χ0) is 14.3. The van der Waals surface area contributed by atoms with E-state index in [0.29, 0.717) is 12.0 Å². The minimum atomic E-state index is -0.237. The number of fused-ring (bicyclic) bond motifs is 1. The third-order valence-electron chi connectivity index (χ3n) is 3.16. The van der Waals surface area contributed by atoms with Crippen molar-refractivity contribution in [2.24, 2.45) is 0 Å². The van der Waals surface area contributed by atoms with Gasteiger partial charge >= 0.3 is 0 Å². The molecule has 5 nitrogen and oxygen atoms in total. The van der Waals surface area contributed by atoms with Crippen molar-refractivity contribution in [3.8, 4) is 0 Å². The summed E-state index contributed by atoms with van der Waals surface area (Å²) in [5, 5.41) is 3.00. The molecule has 0 spiro atoms. The van der Waals surface area contributed by atoms with Gasteiger partial charge in [-0.05, 0) is 30.2 Å². The molecule has 1 aromatic heterocycles. The summed E-state index contributed by atoms with van der Waals surface area (Å²) in [6.45, 7) is 1.86. The number of hydrogen-bond donors (Lipinski definition) is 1. The van der Waals surface area contributed by atoms with Crippen LogP contribution >= 0.6 is 11.6 Å². The average Bonchev–Trinajstić information content (AvgIpc) is 2.79. The number of nitrogens with zero attached hydrogens (tertiary/aromatic N) is 2. The minimum Gasteiger partial charge on any atom is -0.325 e. The molecule has 3 rings (SSSR count). The van der Waals surface area contributed by atoms with Gasteiger partial charge in [-0.1, -0.05) is 11.6 Å². The molecular weight excluding hydrogens is 278 g/mol.